The second-order valence-electron chi connectivity index (χ2n) is 8.80. The molecule has 1 aromatic heterocycles. The van der Waals surface area contributed by atoms with Gasteiger partial charge in [0, 0.05) is 43.0 Å². The molecular weight excluding hydrogens is 428 g/mol. The van der Waals surface area contributed by atoms with E-state index in [1.54, 1.807) is 0 Å². The van der Waals surface area contributed by atoms with Gasteiger partial charge in [-0.3, -0.25) is 4.79 Å². The summed E-state index contributed by atoms with van der Waals surface area (Å²) in [4.78, 5) is 18.4. The van der Waals surface area contributed by atoms with E-state index in [2.05, 4.69) is 33.4 Å². The number of anilines is 3. The van der Waals surface area contributed by atoms with Crippen LogP contribution in [0.15, 0.2) is 59.1 Å². The van der Waals surface area contributed by atoms with Crippen LogP contribution in [0.2, 0.25) is 0 Å². The van der Waals surface area contributed by atoms with E-state index < -0.39 is 0 Å². The number of rotatable bonds is 5. The van der Waals surface area contributed by atoms with Gasteiger partial charge >= 0.3 is 0 Å². The molecule has 1 fully saturated rings. The number of ketones is 1. The minimum absolute atomic E-state index is 0.0188. The lowest BCUT2D eigenvalue weighted by Gasteiger charge is -2.34. The standard InChI is InChI=1S/C27H26N4O3/c1-3-33-18-10-8-17(9-11-18)28-21-16-22(31-14-12-30(2)13-15-31)25-24-23(21)26(32)19-6-4-5-7-20(19)27(24)34-29-25/h4-11,16,28H,3,12-15H2,1-2H3. The van der Waals surface area contributed by atoms with Crippen LogP contribution < -0.4 is 15.0 Å². The largest absolute Gasteiger partial charge is 0.494 e. The van der Waals surface area contributed by atoms with Crippen molar-refractivity contribution in [2.24, 2.45) is 0 Å². The van der Waals surface area contributed by atoms with Crippen LogP contribution >= 0.6 is 0 Å². The minimum Gasteiger partial charge on any atom is -0.494 e. The van der Waals surface area contributed by atoms with E-state index in [4.69, 9.17) is 9.26 Å². The summed E-state index contributed by atoms with van der Waals surface area (Å²) in [5.74, 6) is 1.45. The first-order valence-corrected chi connectivity index (χ1v) is 11.7. The van der Waals surface area contributed by atoms with Crippen molar-refractivity contribution in [3.63, 3.8) is 0 Å². The number of ether oxygens (including phenoxy) is 1. The number of likely N-dealkylation sites (N-methyl/N-ethyl adjacent to an activating group) is 1. The summed E-state index contributed by atoms with van der Waals surface area (Å²) in [5.41, 5.74) is 5.41. The zero-order chi connectivity index (χ0) is 23.2. The Labute approximate surface area is 197 Å². The number of hydrogen-bond acceptors (Lipinski definition) is 7. The van der Waals surface area contributed by atoms with Gasteiger partial charge in [0.2, 0.25) is 0 Å². The molecule has 34 heavy (non-hydrogen) atoms. The van der Waals surface area contributed by atoms with Crippen molar-refractivity contribution < 1.29 is 14.1 Å². The molecule has 0 saturated carbocycles. The van der Waals surface area contributed by atoms with E-state index in [9.17, 15) is 4.79 Å². The molecule has 1 N–H and O–H groups in total. The van der Waals surface area contributed by atoms with Gasteiger partial charge in [-0.2, -0.15) is 0 Å². The van der Waals surface area contributed by atoms with Crippen molar-refractivity contribution in [1.82, 2.24) is 10.1 Å². The van der Waals surface area contributed by atoms with Gasteiger partial charge in [0.15, 0.2) is 11.5 Å². The summed E-state index contributed by atoms with van der Waals surface area (Å²) in [7, 11) is 2.14. The highest BCUT2D eigenvalue weighted by Crippen LogP contribution is 2.46. The van der Waals surface area contributed by atoms with Crippen LogP contribution in [-0.2, 0) is 0 Å². The van der Waals surface area contributed by atoms with Crippen molar-refractivity contribution in [3.8, 4) is 17.1 Å². The maximum absolute atomic E-state index is 13.7. The number of fused-ring (bicyclic) bond motifs is 2. The number of aromatic nitrogens is 1. The van der Waals surface area contributed by atoms with E-state index in [0.29, 0.717) is 23.5 Å². The number of carbonyl (C=O) groups excluding carboxylic acids is 1. The van der Waals surface area contributed by atoms with Gasteiger partial charge in [-0.25, -0.2) is 0 Å². The van der Waals surface area contributed by atoms with E-state index in [-0.39, 0.29) is 5.78 Å². The molecule has 0 amide bonds. The summed E-state index contributed by atoms with van der Waals surface area (Å²) < 4.78 is 11.5. The van der Waals surface area contributed by atoms with Crippen LogP contribution in [-0.4, -0.2) is 55.7 Å². The molecule has 0 radical (unpaired) electrons. The number of benzene rings is 3. The van der Waals surface area contributed by atoms with Crippen LogP contribution in [0, 0.1) is 0 Å². The predicted molar refractivity (Wildman–Crippen MR) is 133 cm³/mol. The molecule has 0 spiro atoms. The van der Waals surface area contributed by atoms with Crippen molar-refractivity contribution in [1.29, 1.82) is 0 Å². The lowest BCUT2D eigenvalue weighted by Crippen LogP contribution is -2.44. The molecule has 0 bridgehead atoms. The highest BCUT2D eigenvalue weighted by atomic mass is 16.5. The van der Waals surface area contributed by atoms with E-state index >= 15 is 0 Å². The number of piperazine rings is 1. The first-order valence-electron chi connectivity index (χ1n) is 11.7. The molecule has 1 aliphatic carbocycles. The summed E-state index contributed by atoms with van der Waals surface area (Å²) in [6, 6.07) is 17.4. The van der Waals surface area contributed by atoms with E-state index in [1.807, 2.05) is 55.5 Å². The van der Waals surface area contributed by atoms with Crippen molar-refractivity contribution >= 4 is 33.7 Å². The normalized spacial score (nSPS) is 15.5. The third-order valence-corrected chi connectivity index (χ3v) is 6.67. The van der Waals surface area contributed by atoms with Crippen LogP contribution in [0.25, 0.3) is 22.2 Å². The lowest BCUT2D eigenvalue weighted by molar-refractivity contribution is 0.104. The molecule has 6 rings (SSSR count). The second-order valence-corrected chi connectivity index (χ2v) is 8.80. The van der Waals surface area contributed by atoms with Gasteiger partial charge in [0.05, 0.1) is 28.9 Å². The van der Waals surface area contributed by atoms with Crippen LogP contribution in [0.3, 0.4) is 0 Å². The smallest absolute Gasteiger partial charge is 0.196 e. The van der Waals surface area contributed by atoms with Crippen molar-refractivity contribution in [2.45, 2.75) is 6.92 Å². The Morgan fingerprint density at radius 1 is 1.03 bits per heavy atom. The summed E-state index contributed by atoms with van der Waals surface area (Å²) >= 11 is 0. The van der Waals surface area contributed by atoms with Gasteiger partial charge in [-0.15, -0.1) is 0 Å². The summed E-state index contributed by atoms with van der Waals surface area (Å²) in [6.45, 7) is 6.30. The summed E-state index contributed by atoms with van der Waals surface area (Å²) in [5, 5.41) is 8.76. The molecule has 1 aliphatic heterocycles. The predicted octanol–water partition coefficient (Wildman–Crippen LogP) is 4.93. The SMILES string of the molecule is CCOc1ccc(Nc2cc(N3CCN(C)CC3)c3noc4c3c2C(=O)c2ccccc2-4)cc1. The topological polar surface area (TPSA) is 70.8 Å². The van der Waals surface area contributed by atoms with Crippen molar-refractivity contribution in [3.05, 3.63) is 65.7 Å². The highest BCUT2D eigenvalue weighted by Gasteiger charge is 2.34. The molecule has 2 heterocycles. The summed E-state index contributed by atoms with van der Waals surface area (Å²) in [6.07, 6.45) is 0. The molecule has 0 unspecified atom stereocenters. The van der Waals surface area contributed by atoms with E-state index in [1.165, 1.54) is 0 Å². The average molecular weight is 455 g/mol. The zero-order valence-electron chi connectivity index (χ0n) is 19.3. The van der Waals surface area contributed by atoms with Crippen LogP contribution in [0.5, 0.6) is 5.75 Å². The minimum atomic E-state index is -0.0188. The maximum atomic E-state index is 13.7. The Balaban J connectivity index is 1.52. The highest BCUT2D eigenvalue weighted by molar-refractivity contribution is 6.28. The average Bonchev–Trinajstić information content (AvgIpc) is 3.30. The molecule has 1 saturated heterocycles. The number of carbonyl (C=O) groups is 1. The van der Waals surface area contributed by atoms with Crippen LogP contribution in [0.1, 0.15) is 22.8 Å². The Kier molecular flexibility index (Phi) is 4.99. The Morgan fingerprint density at radius 3 is 2.50 bits per heavy atom. The molecule has 7 heteroatoms. The molecular formula is C27H26N4O3. The molecule has 172 valence electrons. The fraction of sp³-hybridized carbons (Fsp3) is 0.259. The Hall–Kier alpha value is -3.84. The quantitative estimate of drug-likeness (QED) is 0.404. The van der Waals surface area contributed by atoms with Crippen LogP contribution in [0.4, 0.5) is 17.1 Å². The Morgan fingerprint density at radius 2 is 1.76 bits per heavy atom. The third-order valence-electron chi connectivity index (χ3n) is 6.67. The monoisotopic (exact) mass is 454 g/mol. The lowest BCUT2D eigenvalue weighted by atomic mass is 9.86. The molecule has 4 aromatic rings. The van der Waals surface area contributed by atoms with Gasteiger partial charge in [0.1, 0.15) is 11.3 Å². The van der Waals surface area contributed by atoms with Gasteiger partial charge in [-0.05, 0) is 44.3 Å². The molecule has 7 nitrogen and oxygen atoms in total. The van der Waals surface area contributed by atoms with Gasteiger partial charge in [0.25, 0.3) is 0 Å². The van der Waals surface area contributed by atoms with E-state index in [0.717, 1.165) is 65.5 Å². The Bertz CT molecular complexity index is 1390. The molecule has 3 aromatic carbocycles. The molecule has 2 aliphatic rings. The molecule has 0 atom stereocenters. The van der Waals surface area contributed by atoms with Crippen molar-refractivity contribution in [2.75, 3.05) is 50.1 Å². The van der Waals surface area contributed by atoms with Gasteiger partial charge in [-0.1, -0.05) is 29.4 Å². The number of nitrogens with one attached hydrogen (secondary N) is 1. The fourth-order valence-electron chi connectivity index (χ4n) is 4.89. The number of nitrogens with zero attached hydrogens (tertiary/aromatic N) is 3. The van der Waals surface area contributed by atoms with Gasteiger partial charge < -0.3 is 24.4 Å². The zero-order valence-corrected chi connectivity index (χ0v) is 19.3. The first kappa shape index (κ1) is 20.7. The second kappa shape index (κ2) is 8.18. The third kappa shape index (κ3) is 3.31. The maximum Gasteiger partial charge on any atom is 0.196 e. The first-order chi connectivity index (χ1) is 16.6. The fourth-order valence-corrected chi connectivity index (χ4v) is 4.89. The number of hydrogen-bond donors (Lipinski definition) is 1.